The third-order valence-electron chi connectivity index (χ3n) is 3.94. The minimum absolute atomic E-state index is 0.0986. The molecule has 1 amide bonds. The zero-order chi connectivity index (χ0) is 18.5. The molecule has 2 aromatic heterocycles. The molecule has 0 spiro atoms. The summed E-state index contributed by atoms with van der Waals surface area (Å²) in [5, 5.41) is 9.48. The lowest BCUT2D eigenvalue weighted by molar-refractivity contribution is -0.121. The largest absolute Gasteiger partial charge is 0.493 e. The number of carbonyl (C=O) groups is 1. The van der Waals surface area contributed by atoms with Crippen LogP contribution in [-0.4, -0.2) is 36.5 Å². The molecule has 0 bridgehead atoms. The highest BCUT2D eigenvalue weighted by molar-refractivity contribution is 7.17. The van der Waals surface area contributed by atoms with Gasteiger partial charge in [-0.25, -0.2) is 4.68 Å². The van der Waals surface area contributed by atoms with Gasteiger partial charge in [0.25, 0.3) is 5.56 Å². The van der Waals surface area contributed by atoms with E-state index in [0.29, 0.717) is 29.2 Å². The number of aromatic nitrogens is 2. The number of benzene rings is 1. The molecule has 3 aromatic rings. The van der Waals surface area contributed by atoms with Gasteiger partial charge in [-0.1, -0.05) is 6.07 Å². The first-order chi connectivity index (χ1) is 12.6. The second-order valence-corrected chi connectivity index (χ2v) is 6.52. The van der Waals surface area contributed by atoms with Crippen molar-refractivity contribution in [2.75, 3.05) is 20.8 Å². The smallest absolute Gasteiger partial charge is 0.285 e. The number of nitrogens with one attached hydrogen (secondary N) is 1. The number of nitrogens with zero attached hydrogens (tertiary/aromatic N) is 2. The fourth-order valence-electron chi connectivity index (χ4n) is 2.58. The molecule has 0 radical (unpaired) electrons. The molecule has 0 aliphatic carbocycles. The molecule has 26 heavy (non-hydrogen) atoms. The molecule has 1 N–H and O–H groups in total. The first kappa shape index (κ1) is 17.9. The Labute approximate surface area is 154 Å². The van der Waals surface area contributed by atoms with Gasteiger partial charge < -0.3 is 14.8 Å². The summed E-state index contributed by atoms with van der Waals surface area (Å²) in [6.07, 6.45) is 2.24. The van der Waals surface area contributed by atoms with E-state index in [-0.39, 0.29) is 18.0 Å². The van der Waals surface area contributed by atoms with Gasteiger partial charge in [-0.3, -0.25) is 9.59 Å². The van der Waals surface area contributed by atoms with Crippen molar-refractivity contribution >= 4 is 27.3 Å². The molecule has 0 saturated heterocycles. The van der Waals surface area contributed by atoms with Crippen LogP contribution >= 0.6 is 11.3 Å². The minimum atomic E-state index is -0.254. The van der Waals surface area contributed by atoms with Crippen LogP contribution in [0.2, 0.25) is 0 Å². The average Bonchev–Trinajstić information content (AvgIpc) is 3.13. The second-order valence-electron chi connectivity index (χ2n) is 5.60. The summed E-state index contributed by atoms with van der Waals surface area (Å²) in [7, 11) is 3.17. The molecule has 0 saturated carbocycles. The fourth-order valence-corrected chi connectivity index (χ4v) is 3.40. The molecule has 8 heteroatoms. The van der Waals surface area contributed by atoms with Crippen LogP contribution in [-0.2, 0) is 17.8 Å². The highest BCUT2D eigenvalue weighted by Gasteiger charge is 2.10. The van der Waals surface area contributed by atoms with Crippen molar-refractivity contribution in [2.45, 2.75) is 13.0 Å². The summed E-state index contributed by atoms with van der Waals surface area (Å²) in [6.45, 7) is 0.350. The Kier molecular flexibility index (Phi) is 5.52. The Hall–Kier alpha value is -2.87. The number of thiophene rings is 1. The van der Waals surface area contributed by atoms with Crippen LogP contribution in [0.4, 0.5) is 0 Å². The predicted octanol–water partition coefficient (Wildman–Crippen LogP) is 1.83. The van der Waals surface area contributed by atoms with Crippen molar-refractivity contribution in [3.05, 3.63) is 51.8 Å². The van der Waals surface area contributed by atoms with E-state index in [2.05, 4.69) is 10.4 Å². The third kappa shape index (κ3) is 3.85. The Morgan fingerprint density at radius 3 is 2.81 bits per heavy atom. The molecule has 0 aliphatic rings. The van der Waals surface area contributed by atoms with Gasteiger partial charge in [0.2, 0.25) is 5.91 Å². The van der Waals surface area contributed by atoms with E-state index in [1.165, 1.54) is 16.0 Å². The number of fused-ring (bicyclic) bond motifs is 1. The number of amides is 1. The van der Waals surface area contributed by atoms with Crippen LogP contribution in [0.5, 0.6) is 11.5 Å². The monoisotopic (exact) mass is 373 g/mol. The van der Waals surface area contributed by atoms with Gasteiger partial charge in [-0.15, -0.1) is 11.3 Å². The van der Waals surface area contributed by atoms with Crippen molar-refractivity contribution in [2.24, 2.45) is 0 Å². The van der Waals surface area contributed by atoms with E-state index in [1.54, 1.807) is 20.4 Å². The molecule has 7 nitrogen and oxygen atoms in total. The fraction of sp³-hybridized carbons (Fsp3) is 0.278. The molecule has 0 aliphatic heterocycles. The Balaban J connectivity index is 1.57. The zero-order valence-electron chi connectivity index (χ0n) is 14.5. The molecule has 136 valence electrons. The Morgan fingerprint density at radius 1 is 1.23 bits per heavy atom. The maximum Gasteiger partial charge on any atom is 0.285 e. The standard InChI is InChI=1S/C18H19N3O4S/c1-24-14-4-3-12(9-15(14)25-2)5-7-19-16(22)11-21-18(23)17-13(10-20-21)6-8-26-17/h3-4,6,8-10H,5,7,11H2,1-2H3,(H,19,22). The van der Waals surface area contributed by atoms with Crippen LogP contribution < -0.4 is 20.3 Å². The van der Waals surface area contributed by atoms with E-state index in [1.807, 2.05) is 29.6 Å². The summed E-state index contributed by atoms with van der Waals surface area (Å²) in [4.78, 5) is 24.4. The molecule has 0 unspecified atom stereocenters. The lowest BCUT2D eigenvalue weighted by atomic mass is 10.1. The average molecular weight is 373 g/mol. The molecule has 3 rings (SSSR count). The van der Waals surface area contributed by atoms with Crippen molar-refractivity contribution in [3.8, 4) is 11.5 Å². The summed E-state index contributed by atoms with van der Waals surface area (Å²) in [5.74, 6) is 1.06. The normalized spacial score (nSPS) is 10.7. The Bertz CT molecular complexity index is 980. The zero-order valence-corrected chi connectivity index (χ0v) is 15.3. The maximum absolute atomic E-state index is 12.3. The Morgan fingerprint density at radius 2 is 2.04 bits per heavy atom. The van der Waals surface area contributed by atoms with E-state index in [0.717, 1.165) is 10.9 Å². The van der Waals surface area contributed by atoms with E-state index >= 15 is 0 Å². The van der Waals surface area contributed by atoms with Crippen LogP contribution in [0.3, 0.4) is 0 Å². The van der Waals surface area contributed by atoms with Crippen LogP contribution in [0, 0.1) is 0 Å². The predicted molar refractivity (Wildman–Crippen MR) is 100 cm³/mol. The molecular formula is C18H19N3O4S. The number of ether oxygens (including phenoxy) is 2. The second kappa shape index (κ2) is 8.01. The van der Waals surface area contributed by atoms with Gasteiger partial charge in [0.15, 0.2) is 11.5 Å². The first-order valence-corrected chi connectivity index (χ1v) is 8.91. The molecule has 2 heterocycles. The first-order valence-electron chi connectivity index (χ1n) is 8.03. The highest BCUT2D eigenvalue weighted by atomic mass is 32.1. The molecule has 0 fully saturated rings. The summed E-state index contributed by atoms with van der Waals surface area (Å²) < 4.78 is 12.3. The van der Waals surface area contributed by atoms with Gasteiger partial charge in [-0.05, 0) is 35.6 Å². The van der Waals surface area contributed by atoms with E-state index in [9.17, 15) is 9.59 Å². The van der Waals surface area contributed by atoms with Crippen LogP contribution in [0.25, 0.3) is 10.1 Å². The maximum atomic E-state index is 12.3. The van der Waals surface area contributed by atoms with Crippen LogP contribution in [0.1, 0.15) is 5.56 Å². The summed E-state index contributed by atoms with van der Waals surface area (Å²) in [5.41, 5.74) is 0.769. The molecule has 0 atom stereocenters. The van der Waals surface area contributed by atoms with Gasteiger partial charge in [0.1, 0.15) is 11.2 Å². The quantitative estimate of drug-likeness (QED) is 0.683. The SMILES string of the molecule is COc1ccc(CCNC(=O)Cn2ncc3ccsc3c2=O)cc1OC. The molecule has 1 aromatic carbocycles. The van der Waals surface area contributed by atoms with Crippen LogP contribution in [0.15, 0.2) is 40.6 Å². The van der Waals surface area contributed by atoms with Gasteiger partial charge >= 0.3 is 0 Å². The lowest BCUT2D eigenvalue weighted by Gasteiger charge is -2.10. The van der Waals surface area contributed by atoms with Crippen molar-refractivity contribution < 1.29 is 14.3 Å². The van der Waals surface area contributed by atoms with Gasteiger partial charge in [0.05, 0.1) is 20.4 Å². The lowest BCUT2D eigenvalue weighted by Crippen LogP contribution is -2.34. The number of hydrogen-bond acceptors (Lipinski definition) is 6. The third-order valence-corrected chi connectivity index (χ3v) is 4.86. The van der Waals surface area contributed by atoms with Gasteiger partial charge in [-0.2, -0.15) is 5.10 Å². The number of methoxy groups -OCH3 is 2. The molecular weight excluding hydrogens is 354 g/mol. The number of carbonyl (C=O) groups excluding carboxylic acids is 1. The minimum Gasteiger partial charge on any atom is -0.493 e. The van der Waals surface area contributed by atoms with Gasteiger partial charge in [0, 0.05) is 11.9 Å². The van der Waals surface area contributed by atoms with E-state index in [4.69, 9.17) is 9.47 Å². The summed E-state index contributed by atoms with van der Waals surface area (Å²) >= 11 is 1.35. The van der Waals surface area contributed by atoms with Crippen molar-refractivity contribution in [3.63, 3.8) is 0 Å². The summed E-state index contributed by atoms with van der Waals surface area (Å²) in [6, 6.07) is 7.46. The highest BCUT2D eigenvalue weighted by Crippen LogP contribution is 2.27. The number of hydrogen-bond donors (Lipinski definition) is 1. The van der Waals surface area contributed by atoms with E-state index < -0.39 is 0 Å². The number of rotatable bonds is 7. The van der Waals surface area contributed by atoms with Crippen molar-refractivity contribution in [1.82, 2.24) is 15.1 Å². The topological polar surface area (TPSA) is 82.5 Å². The van der Waals surface area contributed by atoms with Crippen molar-refractivity contribution in [1.29, 1.82) is 0 Å².